The van der Waals surface area contributed by atoms with Crippen molar-refractivity contribution in [1.82, 2.24) is 10.6 Å². The van der Waals surface area contributed by atoms with Crippen LogP contribution in [0.15, 0.2) is 60.7 Å². The monoisotopic (exact) mass is 449 g/mol. The Bertz CT molecular complexity index is 885. The summed E-state index contributed by atoms with van der Waals surface area (Å²) in [7, 11) is 0. The lowest BCUT2D eigenvalue weighted by Gasteiger charge is -2.36. The summed E-state index contributed by atoms with van der Waals surface area (Å²) in [6.45, 7) is 7.00. The molecule has 1 fully saturated rings. The third-order valence-corrected chi connectivity index (χ3v) is 6.99. The lowest BCUT2D eigenvalue weighted by atomic mass is 9.70. The molecule has 2 aromatic carbocycles. The van der Waals surface area contributed by atoms with Gasteiger partial charge in [0, 0.05) is 12.5 Å². The van der Waals surface area contributed by atoms with E-state index < -0.39 is 6.04 Å². The number of hydrogen-bond acceptors (Lipinski definition) is 3. The van der Waals surface area contributed by atoms with E-state index in [1.807, 2.05) is 60.7 Å². The Morgan fingerprint density at radius 2 is 1.64 bits per heavy atom. The summed E-state index contributed by atoms with van der Waals surface area (Å²) in [5, 5.41) is 6.23. The largest absolute Gasteiger partial charge is 0.353 e. The van der Waals surface area contributed by atoms with Gasteiger partial charge in [0.05, 0.1) is 12.1 Å². The minimum atomic E-state index is -0.654. The summed E-state index contributed by atoms with van der Waals surface area (Å²) in [6.07, 6.45) is 3.69. The first-order valence-corrected chi connectivity index (χ1v) is 12.3. The number of hydrogen-bond donors (Lipinski definition) is 3. The summed E-state index contributed by atoms with van der Waals surface area (Å²) in [5.74, 6) is 1.37. The van der Waals surface area contributed by atoms with Crippen LogP contribution >= 0.6 is 0 Å². The molecule has 2 aromatic rings. The molecule has 4 N–H and O–H groups in total. The lowest BCUT2D eigenvalue weighted by molar-refractivity contribution is -0.130. The average Bonchev–Trinajstić information content (AvgIpc) is 2.82. The van der Waals surface area contributed by atoms with Crippen molar-refractivity contribution in [1.29, 1.82) is 0 Å². The SMILES string of the molecule is CC(C)[C@@H]1CC[C@@H](C)C[C@H]1C(=O)NC[C@@H](NC(=O)[C@@H](N)Cc1ccccc1)c1ccccc1. The predicted molar refractivity (Wildman–Crippen MR) is 133 cm³/mol. The van der Waals surface area contributed by atoms with Gasteiger partial charge in [0.2, 0.25) is 11.8 Å². The highest BCUT2D eigenvalue weighted by molar-refractivity contribution is 5.82. The van der Waals surface area contributed by atoms with E-state index in [2.05, 4.69) is 31.4 Å². The summed E-state index contributed by atoms with van der Waals surface area (Å²) < 4.78 is 0. The highest BCUT2D eigenvalue weighted by Crippen LogP contribution is 2.38. The summed E-state index contributed by atoms with van der Waals surface area (Å²) in [6, 6.07) is 18.6. The molecule has 1 aliphatic carbocycles. The van der Waals surface area contributed by atoms with Crippen molar-refractivity contribution < 1.29 is 9.59 Å². The van der Waals surface area contributed by atoms with Crippen LogP contribution in [0.2, 0.25) is 0 Å². The fourth-order valence-electron chi connectivity index (χ4n) is 5.01. The molecular weight excluding hydrogens is 410 g/mol. The van der Waals surface area contributed by atoms with E-state index in [0.717, 1.165) is 24.0 Å². The number of nitrogens with two attached hydrogens (primary N) is 1. The van der Waals surface area contributed by atoms with Gasteiger partial charge in [0.25, 0.3) is 0 Å². The molecule has 178 valence electrons. The fourth-order valence-corrected chi connectivity index (χ4v) is 5.01. The summed E-state index contributed by atoms with van der Waals surface area (Å²) in [5.41, 5.74) is 8.19. The molecule has 33 heavy (non-hydrogen) atoms. The van der Waals surface area contributed by atoms with Gasteiger partial charge in [-0.2, -0.15) is 0 Å². The normalized spacial score (nSPS) is 22.4. The number of benzene rings is 2. The van der Waals surface area contributed by atoms with Crippen LogP contribution in [0, 0.1) is 23.7 Å². The molecular formula is C28H39N3O2. The van der Waals surface area contributed by atoms with E-state index in [1.54, 1.807) is 0 Å². The van der Waals surface area contributed by atoms with Crippen molar-refractivity contribution in [2.24, 2.45) is 29.4 Å². The topological polar surface area (TPSA) is 84.2 Å². The van der Waals surface area contributed by atoms with Crippen LogP contribution in [0.5, 0.6) is 0 Å². The highest BCUT2D eigenvalue weighted by Gasteiger charge is 2.35. The Kier molecular flexibility index (Phi) is 9.07. The van der Waals surface area contributed by atoms with Crippen LogP contribution in [0.3, 0.4) is 0 Å². The van der Waals surface area contributed by atoms with E-state index in [9.17, 15) is 9.59 Å². The molecule has 0 bridgehead atoms. The van der Waals surface area contributed by atoms with Crippen molar-refractivity contribution >= 4 is 11.8 Å². The summed E-state index contributed by atoms with van der Waals surface area (Å²) >= 11 is 0. The second-order valence-corrected chi connectivity index (χ2v) is 9.95. The van der Waals surface area contributed by atoms with Crippen molar-refractivity contribution in [3.05, 3.63) is 71.8 Å². The number of carbonyl (C=O) groups is 2. The van der Waals surface area contributed by atoms with Gasteiger partial charge >= 0.3 is 0 Å². The van der Waals surface area contributed by atoms with E-state index in [1.165, 1.54) is 6.42 Å². The smallest absolute Gasteiger partial charge is 0.237 e. The van der Waals surface area contributed by atoms with Gasteiger partial charge in [-0.05, 0) is 48.1 Å². The van der Waals surface area contributed by atoms with Crippen LogP contribution in [0.25, 0.3) is 0 Å². The Hall–Kier alpha value is -2.66. The second kappa shape index (κ2) is 12.0. The molecule has 0 radical (unpaired) electrons. The van der Waals surface area contributed by atoms with Crippen LogP contribution in [0.1, 0.15) is 57.2 Å². The Labute approximate surface area is 198 Å². The number of amides is 2. The highest BCUT2D eigenvalue weighted by atomic mass is 16.2. The first-order chi connectivity index (χ1) is 15.8. The van der Waals surface area contributed by atoms with Crippen LogP contribution in [-0.4, -0.2) is 24.4 Å². The van der Waals surface area contributed by atoms with Crippen molar-refractivity contribution in [2.45, 2.75) is 58.5 Å². The quantitative estimate of drug-likeness (QED) is 0.535. The molecule has 0 unspecified atom stereocenters. The molecule has 2 amide bonds. The van der Waals surface area contributed by atoms with Crippen LogP contribution in [-0.2, 0) is 16.0 Å². The molecule has 0 aromatic heterocycles. The lowest BCUT2D eigenvalue weighted by Crippen LogP contribution is -2.47. The zero-order valence-electron chi connectivity index (χ0n) is 20.2. The maximum atomic E-state index is 13.2. The molecule has 0 saturated heterocycles. The van der Waals surface area contributed by atoms with Gasteiger partial charge in [-0.3, -0.25) is 9.59 Å². The molecule has 1 saturated carbocycles. The number of carbonyl (C=O) groups excluding carboxylic acids is 2. The fraction of sp³-hybridized carbons (Fsp3) is 0.500. The zero-order chi connectivity index (χ0) is 23.8. The third kappa shape index (κ3) is 7.16. The average molecular weight is 450 g/mol. The van der Waals surface area contributed by atoms with Crippen LogP contribution in [0.4, 0.5) is 0 Å². The number of rotatable bonds is 9. The van der Waals surface area contributed by atoms with Gasteiger partial charge in [-0.15, -0.1) is 0 Å². The first-order valence-electron chi connectivity index (χ1n) is 12.3. The first kappa shape index (κ1) is 25.0. The zero-order valence-corrected chi connectivity index (χ0v) is 20.2. The third-order valence-electron chi connectivity index (χ3n) is 6.99. The standard InChI is InChI=1S/C28H39N3O2/c1-19(2)23-15-14-20(3)16-24(23)27(32)30-18-26(22-12-8-5-9-13-22)31-28(33)25(29)17-21-10-6-4-7-11-21/h4-13,19-20,23-26H,14-18,29H2,1-3H3,(H,30,32)(H,31,33)/t20-,23+,24-,25+,26-/m1/s1. The van der Waals surface area contributed by atoms with Crippen molar-refractivity contribution in [3.63, 3.8) is 0 Å². The molecule has 0 aliphatic heterocycles. The van der Waals surface area contributed by atoms with E-state index in [4.69, 9.17) is 5.73 Å². The molecule has 0 spiro atoms. The predicted octanol–water partition coefficient (Wildman–Crippen LogP) is 4.24. The maximum Gasteiger partial charge on any atom is 0.237 e. The molecule has 1 aliphatic rings. The second-order valence-electron chi connectivity index (χ2n) is 9.95. The van der Waals surface area contributed by atoms with Crippen molar-refractivity contribution in [2.75, 3.05) is 6.54 Å². The van der Waals surface area contributed by atoms with Gasteiger partial charge in [-0.25, -0.2) is 0 Å². The van der Waals surface area contributed by atoms with Gasteiger partial charge in [-0.1, -0.05) is 87.9 Å². The molecule has 3 rings (SSSR count). The molecule has 5 heteroatoms. The molecule has 5 nitrogen and oxygen atoms in total. The summed E-state index contributed by atoms with van der Waals surface area (Å²) in [4.78, 5) is 26.1. The van der Waals surface area contributed by atoms with Gasteiger partial charge in [0.1, 0.15) is 0 Å². The van der Waals surface area contributed by atoms with Gasteiger partial charge < -0.3 is 16.4 Å². The minimum absolute atomic E-state index is 0.0289. The molecule has 0 heterocycles. The molecule has 5 atom stereocenters. The Morgan fingerprint density at radius 1 is 1.00 bits per heavy atom. The van der Waals surface area contributed by atoms with E-state index in [-0.39, 0.29) is 23.8 Å². The van der Waals surface area contributed by atoms with Gasteiger partial charge in [0.15, 0.2) is 0 Å². The van der Waals surface area contributed by atoms with Crippen molar-refractivity contribution in [3.8, 4) is 0 Å². The van der Waals surface area contributed by atoms with E-state index in [0.29, 0.717) is 30.7 Å². The minimum Gasteiger partial charge on any atom is -0.353 e. The number of nitrogens with one attached hydrogen (secondary N) is 2. The maximum absolute atomic E-state index is 13.2. The van der Waals surface area contributed by atoms with Crippen LogP contribution < -0.4 is 16.4 Å². The Morgan fingerprint density at radius 3 is 2.27 bits per heavy atom. The Balaban J connectivity index is 1.66. The van der Waals surface area contributed by atoms with E-state index >= 15 is 0 Å².